The molecule has 0 atom stereocenters. The van der Waals surface area contributed by atoms with E-state index in [1.807, 2.05) is 24.3 Å². The molecular formula is C20H18O5. The van der Waals surface area contributed by atoms with Gasteiger partial charge in [-0.15, -0.1) is 0 Å². The fourth-order valence-electron chi connectivity index (χ4n) is 2.48. The molecule has 0 fully saturated rings. The standard InChI is InChI=1S/C20H18O5/c21-14-15-7-1-3-9-17(15)23-11-5-6-12-24-19-13-20(22)25-18-10-4-2-8-16(18)19/h1-4,7-10,13-14H,5-6,11-12H2. The largest absolute Gasteiger partial charge is 0.493 e. The van der Waals surface area contributed by atoms with Gasteiger partial charge in [0.2, 0.25) is 0 Å². The van der Waals surface area contributed by atoms with E-state index in [-0.39, 0.29) is 0 Å². The Labute approximate surface area is 144 Å². The summed E-state index contributed by atoms with van der Waals surface area (Å²) in [4.78, 5) is 22.5. The molecule has 0 N–H and O–H groups in total. The highest BCUT2D eigenvalue weighted by molar-refractivity contribution is 5.82. The van der Waals surface area contributed by atoms with Crippen LogP contribution in [0.15, 0.2) is 63.8 Å². The number of carbonyl (C=O) groups is 1. The number of hydrogen-bond acceptors (Lipinski definition) is 5. The summed E-state index contributed by atoms with van der Waals surface area (Å²) in [5, 5.41) is 0.776. The Morgan fingerprint density at radius 2 is 1.56 bits per heavy atom. The zero-order chi connectivity index (χ0) is 17.5. The van der Waals surface area contributed by atoms with Gasteiger partial charge in [-0.2, -0.15) is 0 Å². The van der Waals surface area contributed by atoms with E-state index < -0.39 is 5.63 Å². The van der Waals surface area contributed by atoms with Crippen molar-refractivity contribution in [2.75, 3.05) is 13.2 Å². The van der Waals surface area contributed by atoms with Crippen LogP contribution in [-0.4, -0.2) is 19.5 Å². The number of unbranched alkanes of at least 4 members (excludes halogenated alkanes) is 1. The average Bonchev–Trinajstić information content (AvgIpc) is 2.64. The number of fused-ring (bicyclic) bond motifs is 1. The number of ether oxygens (including phenoxy) is 2. The van der Waals surface area contributed by atoms with Crippen molar-refractivity contribution in [1.29, 1.82) is 0 Å². The van der Waals surface area contributed by atoms with Gasteiger partial charge in [-0.1, -0.05) is 24.3 Å². The second-order valence-corrected chi connectivity index (χ2v) is 5.49. The van der Waals surface area contributed by atoms with Crippen molar-refractivity contribution in [3.05, 3.63) is 70.6 Å². The molecule has 0 aliphatic rings. The van der Waals surface area contributed by atoms with Crippen molar-refractivity contribution in [3.8, 4) is 11.5 Å². The van der Waals surface area contributed by atoms with Crippen LogP contribution in [0.2, 0.25) is 0 Å². The molecule has 0 unspecified atom stereocenters. The second kappa shape index (κ2) is 8.15. The summed E-state index contributed by atoms with van der Waals surface area (Å²) >= 11 is 0. The summed E-state index contributed by atoms with van der Waals surface area (Å²) in [5.74, 6) is 1.11. The molecule has 0 spiro atoms. The van der Waals surface area contributed by atoms with E-state index in [9.17, 15) is 9.59 Å². The van der Waals surface area contributed by atoms with Crippen LogP contribution >= 0.6 is 0 Å². The van der Waals surface area contributed by atoms with E-state index in [1.165, 1.54) is 6.07 Å². The summed E-state index contributed by atoms with van der Waals surface area (Å²) in [6.45, 7) is 0.956. The summed E-state index contributed by atoms with van der Waals surface area (Å²) < 4.78 is 16.5. The summed E-state index contributed by atoms with van der Waals surface area (Å²) in [6, 6.07) is 15.8. The first kappa shape index (κ1) is 16.8. The van der Waals surface area contributed by atoms with Gasteiger partial charge < -0.3 is 13.9 Å². The third-order valence-electron chi connectivity index (χ3n) is 3.71. The number of benzene rings is 2. The SMILES string of the molecule is O=Cc1ccccc1OCCCCOc1cc(=O)oc2ccccc12. The van der Waals surface area contributed by atoms with Crippen LogP contribution in [0.25, 0.3) is 11.0 Å². The fraction of sp³-hybridized carbons (Fsp3) is 0.200. The van der Waals surface area contributed by atoms with Gasteiger partial charge >= 0.3 is 5.63 Å². The second-order valence-electron chi connectivity index (χ2n) is 5.49. The number of hydrogen-bond donors (Lipinski definition) is 0. The Bertz CT molecular complexity index is 913. The molecule has 0 radical (unpaired) electrons. The van der Waals surface area contributed by atoms with Gasteiger partial charge in [0.25, 0.3) is 0 Å². The van der Waals surface area contributed by atoms with Crippen LogP contribution < -0.4 is 15.1 Å². The maximum atomic E-state index is 11.6. The Morgan fingerprint density at radius 3 is 2.36 bits per heavy atom. The van der Waals surface area contributed by atoms with E-state index in [1.54, 1.807) is 24.3 Å². The average molecular weight is 338 g/mol. The molecule has 3 rings (SSSR count). The number of aldehydes is 1. The molecule has 128 valence electrons. The van der Waals surface area contributed by atoms with Crippen LogP contribution in [0.4, 0.5) is 0 Å². The smallest absolute Gasteiger partial charge is 0.339 e. The van der Waals surface area contributed by atoms with Gasteiger partial charge in [-0.05, 0) is 37.1 Å². The summed E-state index contributed by atoms with van der Waals surface area (Å²) in [6.07, 6.45) is 2.31. The van der Waals surface area contributed by atoms with Gasteiger partial charge in [-0.3, -0.25) is 4.79 Å². The molecule has 0 saturated heterocycles. The minimum atomic E-state index is -0.428. The van der Waals surface area contributed by atoms with E-state index >= 15 is 0 Å². The van der Waals surface area contributed by atoms with Crippen molar-refractivity contribution < 1.29 is 18.7 Å². The van der Waals surface area contributed by atoms with Gasteiger partial charge in [0.05, 0.1) is 30.2 Å². The lowest BCUT2D eigenvalue weighted by Crippen LogP contribution is -2.05. The topological polar surface area (TPSA) is 65.7 Å². The highest BCUT2D eigenvalue weighted by atomic mass is 16.5. The molecule has 0 bridgehead atoms. The van der Waals surface area contributed by atoms with Crippen LogP contribution in [-0.2, 0) is 0 Å². The first-order valence-corrected chi connectivity index (χ1v) is 8.10. The predicted molar refractivity (Wildman–Crippen MR) is 94.5 cm³/mol. The van der Waals surface area contributed by atoms with E-state index in [2.05, 4.69) is 0 Å². The Kier molecular flexibility index (Phi) is 5.46. The van der Waals surface area contributed by atoms with Gasteiger partial charge in [0, 0.05) is 0 Å². The van der Waals surface area contributed by atoms with Crippen molar-refractivity contribution in [3.63, 3.8) is 0 Å². The molecule has 0 saturated carbocycles. The molecule has 0 aliphatic heterocycles. The molecule has 5 nitrogen and oxygen atoms in total. The number of carbonyl (C=O) groups excluding carboxylic acids is 1. The van der Waals surface area contributed by atoms with E-state index in [4.69, 9.17) is 13.9 Å². The quantitative estimate of drug-likeness (QED) is 0.355. The number of rotatable bonds is 8. The summed E-state index contributed by atoms with van der Waals surface area (Å²) in [7, 11) is 0. The van der Waals surface area contributed by atoms with E-state index in [0.29, 0.717) is 35.9 Å². The molecule has 1 aromatic heterocycles. The zero-order valence-electron chi connectivity index (χ0n) is 13.6. The molecule has 2 aromatic carbocycles. The predicted octanol–water partition coefficient (Wildman–Crippen LogP) is 3.84. The van der Waals surface area contributed by atoms with Crippen LogP contribution in [0, 0.1) is 0 Å². The van der Waals surface area contributed by atoms with Gasteiger partial charge in [-0.25, -0.2) is 4.79 Å². The van der Waals surface area contributed by atoms with Crippen molar-refractivity contribution in [1.82, 2.24) is 0 Å². The molecule has 3 aromatic rings. The molecule has 0 aliphatic carbocycles. The van der Waals surface area contributed by atoms with E-state index in [0.717, 1.165) is 24.5 Å². The Morgan fingerprint density at radius 1 is 0.880 bits per heavy atom. The Balaban J connectivity index is 1.49. The lowest BCUT2D eigenvalue weighted by Gasteiger charge is -2.10. The minimum Gasteiger partial charge on any atom is -0.493 e. The zero-order valence-corrected chi connectivity index (χ0v) is 13.6. The first-order chi connectivity index (χ1) is 12.3. The molecule has 25 heavy (non-hydrogen) atoms. The van der Waals surface area contributed by atoms with Crippen molar-refractivity contribution in [2.24, 2.45) is 0 Å². The lowest BCUT2D eigenvalue weighted by atomic mass is 10.2. The molecular weight excluding hydrogens is 320 g/mol. The Hall–Kier alpha value is -3.08. The van der Waals surface area contributed by atoms with Crippen LogP contribution in [0.5, 0.6) is 11.5 Å². The first-order valence-electron chi connectivity index (χ1n) is 8.10. The molecule has 1 heterocycles. The highest BCUT2D eigenvalue weighted by Gasteiger charge is 2.06. The minimum absolute atomic E-state index is 0.428. The van der Waals surface area contributed by atoms with Crippen LogP contribution in [0.1, 0.15) is 23.2 Å². The normalized spacial score (nSPS) is 10.6. The summed E-state index contributed by atoms with van der Waals surface area (Å²) in [5.41, 5.74) is 0.627. The fourth-order valence-corrected chi connectivity index (χ4v) is 2.48. The van der Waals surface area contributed by atoms with Crippen LogP contribution in [0.3, 0.4) is 0 Å². The maximum Gasteiger partial charge on any atom is 0.339 e. The van der Waals surface area contributed by atoms with Crippen molar-refractivity contribution in [2.45, 2.75) is 12.8 Å². The monoisotopic (exact) mass is 338 g/mol. The number of para-hydroxylation sites is 2. The molecule has 0 amide bonds. The lowest BCUT2D eigenvalue weighted by molar-refractivity contribution is 0.111. The van der Waals surface area contributed by atoms with Gasteiger partial charge in [0.15, 0.2) is 6.29 Å². The van der Waals surface area contributed by atoms with Crippen molar-refractivity contribution >= 4 is 17.3 Å². The van der Waals surface area contributed by atoms with Gasteiger partial charge in [0.1, 0.15) is 17.1 Å². The third kappa shape index (κ3) is 4.26. The molecule has 5 heteroatoms. The highest BCUT2D eigenvalue weighted by Crippen LogP contribution is 2.23. The third-order valence-corrected chi connectivity index (χ3v) is 3.71. The maximum absolute atomic E-state index is 11.6.